The number of halogens is 2. The van der Waals surface area contributed by atoms with Gasteiger partial charge < -0.3 is 15.7 Å². The van der Waals surface area contributed by atoms with Gasteiger partial charge in [0, 0.05) is 24.6 Å². The van der Waals surface area contributed by atoms with Crippen LogP contribution in [0.1, 0.15) is 36.5 Å². The van der Waals surface area contributed by atoms with Gasteiger partial charge in [-0.3, -0.25) is 9.59 Å². The summed E-state index contributed by atoms with van der Waals surface area (Å²) in [5.74, 6) is -0.620. The molecule has 116 valence electrons. The van der Waals surface area contributed by atoms with E-state index in [1.165, 1.54) is 12.1 Å². The largest absolute Gasteiger partial charge is 0.396 e. The highest BCUT2D eigenvalue weighted by Gasteiger charge is 2.17. The van der Waals surface area contributed by atoms with Gasteiger partial charge in [-0.1, -0.05) is 30.1 Å². The third-order valence-corrected chi connectivity index (χ3v) is 3.18. The van der Waals surface area contributed by atoms with Gasteiger partial charge in [0.25, 0.3) is 5.91 Å². The predicted octanol–water partition coefficient (Wildman–Crippen LogP) is 2.84. The average molecular weight is 333 g/mol. The molecule has 1 rings (SSSR count). The van der Waals surface area contributed by atoms with Gasteiger partial charge in [0.15, 0.2) is 0 Å². The Labute approximate surface area is 133 Å². The fraction of sp³-hybridized carbons (Fsp3) is 0.429. The molecule has 0 radical (unpaired) electrons. The molecule has 0 aliphatic rings. The van der Waals surface area contributed by atoms with Gasteiger partial charge in [-0.05, 0) is 25.0 Å². The molecule has 1 aromatic carbocycles. The maximum atomic E-state index is 12.1. The molecule has 0 aliphatic carbocycles. The van der Waals surface area contributed by atoms with Crippen molar-refractivity contribution in [3.8, 4) is 0 Å². The quantitative estimate of drug-likeness (QED) is 0.672. The standard InChI is InChI=1S/C14H18Cl2N2O3/c1-2-4-12(20)18-13-10(7-9(15)8-11(13)16)14(21)17-5-3-6-19/h7-8,19H,2-6H2,1H3,(H,17,21)(H,18,20). The summed E-state index contributed by atoms with van der Waals surface area (Å²) in [7, 11) is 0. The van der Waals surface area contributed by atoms with E-state index in [1.807, 2.05) is 6.92 Å². The number of carbonyl (C=O) groups is 2. The number of anilines is 1. The Hall–Kier alpha value is -1.30. The predicted molar refractivity (Wildman–Crippen MR) is 84.0 cm³/mol. The SMILES string of the molecule is CCCC(=O)Nc1c(Cl)cc(Cl)cc1C(=O)NCCCO. The topological polar surface area (TPSA) is 78.4 Å². The maximum absolute atomic E-state index is 12.1. The van der Waals surface area contributed by atoms with Crippen molar-refractivity contribution in [3.05, 3.63) is 27.7 Å². The highest BCUT2D eigenvalue weighted by Crippen LogP contribution is 2.30. The molecular weight excluding hydrogens is 315 g/mol. The number of nitrogens with one attached hydrogen (secondary N) is 2. The molecule has 0 aromatic heterocycles. The van der Waals surface area contributed by atoms with Gasteiger partial charge in [0.2, 0.25) is 5.91 Å². The van der Waals surface area contributed by atoms with Gasteiger partial charge >= 0.3 is 0 Å². The van der Waals surface area contributed by atoms with E-state index >= 15 is 0 Å². The number of carbonyl (C=O) groups excluding carboxylic acids is 2. The Bertz CT molecular complexity index is 521. The lowest BCUT2D eigenvalue weighted by Crippen LogP contribution is -2.26. The highest BCUT2D eigenvalue weighted by molar-refractivity contribution is 6.38. The highest BCUT2D eigenvalue weighted by atomic mass is 35.5. The second kappa shape index (κ2) is 8.87. The zero-order chi connectivity index (χ0) is 15.8. The number of amides is 2. The molecule has 0 unspecified atom stereocenters. The molecule has 3 N–H and O–H groups in total. The summed E-state index contributed by atoms with van der Waals surface area (Å²) in [5.41, 5.74) is 0.455. The zero-order valence-corrected chi connectivity index (χ0v) is 13.2. The third kappa shape index (κ3) is 5.53. The lowest BCUT2D eigenvalue weighted by molar-refractivity contribution is -0.116. The fourth-order valence-electron chi connectivity index (χ4n) is 1.68. The summed E-state index contributed by atoms with van der Waals surface area (Å²) in [5, 5.41) is 14.5. The molecular formula is C14H18Cl2N2O3. The molecule has 1 aromatic rings. The molecule has 0 saturated heterocycles. The van der Waals surface area contributed by atoms with Crippen molar-refractivity contribution < 1.29 is 14.7 Å². The Kier molecular flexibility index (Phi) is 7.50. The summed E-state index contributed by atoms with van der Waals surface area (Å²) >= 11 is 12.0. The molecule has 0 bridgehead atoms. The number of rotatable bonds is 7. The molecule has 0 spiro atoms. The molecule has 0 atom stereocenters. The van der Waals surface area contributed by atoms with Crippen LogP contribution in [0.2, 0.25) is 10.0 Å². The van der Waals surface area contributed by atoms with Crippen LogP contribution in [0, 0.1) is 0 Å². The van der Waals surface area contributed by atoms with E-state index in [9.17, 15) is 9.59 Å². The van der Waals surface area contributed by atoms with Crippen molar-refractivity contribution in [1.29, 1.82) is 0 Å². The van der Waals surface area contributed by atoms with Gasteiger partial charge in [-0.25, -0.2) is 0 Å². The number of aliphatic hydroxyl groups is 1. The molecule has 7 heteroatoms. The van der Waals surface area contributed by atoms with Crippen LogP contribution in [0.4, 0.5) is 5.69 Å². The van der Waals surface area contributed by atoms with Crippen LogP contribution in [0.25, 0.3) is 0 Å². The van der Waals surface area contributed by atoms with Gasteiger partial charge in [-0.2, -0.15) is 0 Å². The summed E-state index contributed by atoms with van der Waals surface area (Å²) in [6.45, 7) is 2.18. The molecule has 2 amide bonds. The molecule has 0 heterocycles. The van der Waals surface area contributed by atoms with Crippen molar-refractivity contribution in [1.82, 2.24) is 5.32 Å². The Morgan fingerprint density at radius 2 is 2.00 bits per heavy atom. The molecule has 0 fully saturated rings. The summed E-state index contributed by atoms with van der Waals surface area (Å²) < 4.78 is 0. The number of hydrogen-bond acceptors (Lipinski definition) is 3. The van der Waals surface area contributed by atoms with E-state index in [-0.39, 0.29) is 28.8 Å². The van der Waals surface area contributed by atoms with Crippen LogP contribution >= 0.6 is 23.2 Å². The van der Waals surface area contributed by atoms with Crippen LogP contribution in [0.3, 0.4) is 0 Å². The van der Waals surface area contributed by atoms with E-state index in [1.54, 1.807) is 0 Å². The van der Waals surface area contributed by atoms with Crippen LogP contribution in [-0.4, -0.2) is 30.1 Å². The first-order valence-corrected chi connectivity index (χ1v) is 7.43. The normalized spacial score (nSPS) is 10.3. The van der Waals surface area contributed by atoms with E-state index in [0.29, 0.717) is 30.8 Å². The Balaban J connectivity index is 2.99. The molecule has 5 nitrogen and oxygen atoms in total. The zero-order valence-electron chi connectivity index (χ0n) is 11.7. The minimum atomic E-state index is -0.403. The van der Waals surface area contributed by atoms with Gasteiger partial charge in [-0.15, -0.1) is 0 Å². The number of hydrogen-bond donors (Lipinski definition) is 3. The molecule has 0 aliphatic heterocycles. The fourth-order valence-corrected chi connectivity index (χ4v) is 2.23. The van der Waals surface area contributed by atoms with Crippen molar-refractivity contribution >= 4 is 40.7 Å². The Morgan fingerprint density at radius 3 is 2.62 bits per heavy atom. The van der Waals surface area contributed by atoms with E-state index < -0.39 is 5.91 Å². The van der Waals surface area contributed by atoms with Crippen molar-refractivity contribution in [2.45, 2.75) is 26.2 Å². The second-order valence-electron chi connectivity index (χ2n) is 4.44. The van der Waals surface area contributed by atoms with E-state index in [4.69, 9.17) is 28.3 Å². The third-order valence-electron chi connectivity index (χ3n) is 2.66. The molecule has 21 heavy (non-hydrogen) atoms. The minimum absolute atomic E-state index is 0.0172. The van der Waals surface area contributed by atoms with Crippen LogP contribution < -0.4 is 10.6 Å². The lowest BCUT2D eigenvalue weighted by atomic mass is 10.1. The smallest absolute Gasteiger partial charge is 0.253 e. The average Bonchev–Trinajstić information content (AvgIpc) is 2.42. The van der Waals surface area contributed by atoms with Gasteiger partial charge in [0.1, 0.15) is 0 Å². The summed E-state index contributed by atoms with van der Waals surface area (Å²) in [6, 6.07) is 2.92. The van der Waals surface area contributed by atoms with Crippen LogP contribution in [0.5, 0.6) is 0 Å². The first-order chi connectivity index (χ1) is 9.99. The first kappa shape index (κ1) is 17.8. The van der Waals surface area contributed by atoms with Crippen LogP contribution in [-0.2, 0) is 4.79 Å². The minimum Gasteiger partial charge on any atom is -0.396 e. The number of benzene rings is 1. The van der Waals surface area contributed by atoms with Crippen molar-refractivity contribution in [2.75, 3.05) is 18.5 Å². The van der Waals surface area contributed by atoms with Crippen molar-refractivity contribution in [3.63, 3.8) is 0 Å². The second-order valence-corrected chi connectivity index (χ2v) is 5.29. The molecule has 0 saturated carbocycles. The van der Waals surface area contributed by atoms with Gasteiger partial charge in [0.05, 0.1) is 16.3 Å². The number of aliphatic hydroxyl groups excluding tert-OH is 1. The van der Waals surface area contributed by atoms with Crippen molar-refractivity contribution in [2.24, 2.45) is 0 Å². The lowest BCUT2D eigenvalue weighted by Gasteiger charge is -2.13. The Morgan fingerprint density at radius 1 is 1.29 bits per heavy atom. The monoisotopic (exact) mass is 332 g/mol. The summed E-state index contributed by atoms with van der Waals surface area (Å²) in [4.78, 5) is 23.8. The maximum Gasteiger partial charge on any atom is 0.253 e. The van der Waals surface area contributed by atoms with E-state index in [0.717, 1.165) is 0 Å². The first-order valence-electron chi connectivity index (χ1n) is 6.67. The van der Waals surface area contributed by atoms with Crippen LogP contribution in [0.15, 0.2) is 12.1 Å². The summed E-state index contributed by atoms with van der Waals surface area (Å²) in [6.07, 6.45) is 1.47. The van der Waals surface area contributed by atoms with E-state index in [2.05, 4.69) is 10.6 Å².